The van der Waals surface area contributed by atoms with Crippen LogP contribution in [0.5, 0.6) is 5.75 Å². The number of benzene rings is 3. The first kappa shape index (κ1) is 20.3. The van der Waals surface area contributed by atoms with E-state index in [4.69, 9.17) is 4.74 Å². The van der Waals surface area contributed by atoms with Gasteiger partial charge < -0.3 is 10.1 Å². The maximum absolute atomic E-state index is 11.1. The molecule has 0 spiro atoms. The number of hydrogen-bond acceptors (Lipinski definition) is 4. The third-order valence-electron chi connectivity index (χ3n) is 6.53. The molecule has 3 aromatic rings. The van der Waals surface area contributed by atoms with Gasteiger partial charge in [0.25, 0.3) is 5.69 Å². The van der Waals surface area contributed by atoms with Crippen LogP contribution in [-0.4, -0.2) is 11.5 Å². The first-order valence-corrected chi connectivity index (χ1v) is 11.2. The lowest BCUT2D eigenvalue weighted by Gasteiger charge is -2.38. The molecule has 0 saturated heterocycles. The lowest BCUT2D eigenvalue weighted by Crippen LogP contribution is -2.29. The van der Waals surface area contributed by atoms with E-state index < -0.39 is 0 Å². The third kappa shape index (κ3) is 3.98. The Balaban J connectivity index is 1.35. The number of nitrogens with zero attached hydrogens (tertiary/aromatic N) is 1. The summed E-state index contributed by atoms with van der Waals surface area (Å²) >= 11 is 0. The molecule has 5 rings (SSSR count). The van der Waals surface area contributed by atoms with E-state index in [9.17, 15) is 10.1 Å². The van der Waals surface area contributed by atoms with Gasteiger partial charge in [0.15, 0.2) is 0 Å². The van der Waals surface area contributed by atoms with Gasteiger partial charge in [0, 0.05) is 18.1 Å². The summed E-state index contributed by atoms with van der Waals surface area (Å²) < 4.78 is 6.23. The molecule has 1 aliphatic heterocycles. The van der Waals surface area contributed by atoms with Gasteiger partial charge in [0.05, 0.1) is 23.3 Å². The molecule has 0 fully saturated rings. The predicted molar refractivity (Wildman–Crippen MR) is 126 cm³/mol. The Kier molecular flexibility index (Phi) is 5.63. The molecule has 0 aromatic heterocycles. The number of ether oxygens (including phenoxy) is 1. The number of para-hydroxylation sites is 1. The molecule has 3 atom stereocenters. The van der Waals surface area contributed by atoms with Crippen LogP contribution in [0.15, 0.2) is 84.9 Å². The number of aryl methyl sites for hydroxylation is 1. The third-order valence-corrected chi connectivity index (χ3v) is 6.53. The van der Waals surface area contributed by atoms with E-state index in [-0.39, 0.29) is 16.7 Å². The molecule has 1 heterocycles. The second-order valence-electron chi connectivity index (χ2n) is 8.48. The van der Waals surface area contributed by atoms with Gasteiger partial charge in [-0.15, -0.1) is 0 Å². The molecule has 0 radical (unpaired) electrons. The van der Waals surface area contributed by atoms with E-state index in [0.29, 0.717) is 18.4 Å². The molecule has 3 unspecified atom stereocenters. The average molecular weight is 427 g/mol. The Bertz CT molecular complexity index is 1130. The van der Waals surface area contributed by atoms with E-state index >= 15 is 0 Å². The van der Waals surface area contributed by atoms with E-state index in [1.54, 1.807) is 12.1 Å². The van der Waals surface area contributed by atoms with Crippen LogP contribution < -0.4 is 10.1 Å². The monoisotopic (exact) mass is 426 g/mol. The van der Waals surface area contributed by atoms with Crippen LogP contribution in [0.3, 0.4) is 0 Å². The Morgan fingerprint density at radius 2 is 1.81 bits per heavy atom. The molecule has 5 nitrogen and oxygen atoms in total. The number of anilines is 1. The standard InChI is InChI=1S/C27H26N2O3/c30-29(31)21-16-14-20(15-17-21)26-23-11-4-10-22(23)24-12-5-13-25(27(24)28-26)32-18-6-9-19-7-2-1-3-8-19/h1-5,7-8,10,12-17,22-23,26,28H,6,9,11,18H2. The van der Waals surface area contributed by atoms with Crippen molar-refractivity contribution in [1.82, 2.24) is 0 Å². The average Bonchev–Trinajstić information content (AvgIpc) is 3.32. The van der Waals surface area contributed by atoms with Crippen LogP contribution in [0, 0.1) is 16.0 Å². The molecule has 0 bridgehead atoms. The Morgan fingerprint density at radius 3 is 2.59 bits per heavy atom. The van der Waals surface area contributed by atoms with Crippen LogP contribution in [0.25, 0.3) is 0 Å². The van der Waals surface area contributed by atoms with Crippen LogP contribution in [0.2, 0.25) is 0 Å². The molecule has 32 heavy (non-hydrogen) atoms. The normalized spacial score (nSPS) is 20.8. The van der Waals surface area contributed by atoms with Gasteiger partial charge in [-0.2, -0.15) is 0 Å². The highest BCUT2D eigenvalue weighted by Gasteiger charge is 2.39. The summed E-state index contributed by atoms with van der Waals surface area (Å²) in [7, 11) is 0. The van der Waals surface area contributed by atoms with Crippen molar-refractivity contribution >= 4 is 11.4 Å². The molecule has 1 aliphatic carbocycles. The molecule has 1 N–H and O–H groups in total. The highest BCUT2D eigenvalue weighted by Crippen LogP contribution is 2.52. The number of nitro benzene ring substituents is 1. The lowest BCUT2D eigenvalue weighted by atomic mass is 9.77. The quantitative estimate of drug-likeness (QED) is 0.205. The smallest absolute Gasteiger partial charge is 0.269 e. The highest BCUT2D eigenvalue weighted by molar-refractivity contribution is 5.67. The first-order valence-electron chi connectivity index (χ1n) is 11.2. The SMILES string of the molecule is O=[N+]([O-])c1ccc(C2Nc3c(OCCCc4ccccc4)cccc3C3C=CCC32)cc1. The summed E-state index contributed by atoms with van der Waals surface area (Å²) in [6.45, 7) is 0.652. The van der Waals surface area contributed by atoms with Gasteiger partial charge in [-0.1, -0.05) is 66.7 Å². The molecule has 5 heteroatoms. The second kappa shape index (κ2) is 8.87. The molecular formula is C27H26N2O3. The van der Waals surface area contributed by atoms with Crippen molar-refractivity contribution in [1.29, 1.82) is 0 Å². The van der Waals surface area contributed by atoms with Crippen LogP contribution in [0.4, 0.5) is 11.4 Å². The van der Waals surface area contributed by atoms with Crippen LogP contribution in [-0.2, 0) is 6.42 Å². The van der Waals surface area contributed by atoms with Crippen LogP contribution in [0.1, 0.15) is 41.5 Å². The summed E-state index contributed by atoms with van der Waals surface area (Å²) in [6.07, 6.45) is 7.47. The minimum absolute atomic E-state index is 0.0809. The minimum Gasteiger partial charge on any atom is -0.491 e. The number of hydrogen-bond donors (Lipinski definition) is 1. The summed E-state index contributed by atoms with van der Waals surface area (Å²) in [4.78, 5) is 10.7. The molecular weight excluding hydrogens is 400 g/mol. The minimum atomic E-state index is -0.352. The van der Waals surface area contributed by atoms with Gasteiger partial charge in [0.2, 0.25) is 0 Å². The molecule has 0 amide bonds. The van der Waals surface area contributed by atoms with Crippen molar-refractivity contribution in [2.45, 2.75) is 31.2 Å². The Hall–Kier alpha value is -3.60. The van der Waals surface area contributed by atoms with Crippen molar-refractivity contribution < 1.29 is 9.66 Å². The second-order valence-corrected chi connectivity index (χ2v) is 8.48. The number of nitrogens with one attached hydrogen (secondary N) is 1. The number of nitro groups is 1. The molecule has 3 aromatic carbocycles. The van der Waals surface area contributed by atoms with E-state index in [0.717, 1.165) is 36.3 Å². The predicted octanol–water partition coefficient (Wildman–Crippen LogP) is 6.43. The largest absolute Gasteiger partial charge is 0.491 e. The zero-order valence-electron chi connectivity index (χ0n) is 17.8. The van der Waals surface area contributed by atoms with Crippen molar-refractivity contribution in [2.75, 3.05) is 11.9 Å². The summed E-state index contributed by atoms with van der Waals surface area (Å²) in [6, 6.07) is 23.8. The Morgan fingerprint density at radius 1 is 1.00 bits per heavy atom. The van der Waals surface area contributed by atoms with Gasteiger partial charge >= 0.3 is 0 Å². The van der Waals surface area contributed by atoms with E-state index in [2.05, 4.69) is 53.9 Å². The fourth-order valence-electron chi connectivity index (χ4n) is 4.95. The lowest BCUT2D eigenvalue weighted by molar-refractivity contribution is -0.384. The fourth-order valence-corrected chi connectivity index (χ4v) is 4.95. The van der Waals surface area contributed by atoms with Gasteiger partial charge in [-0.05, 0) is 47.9 Å². The van der Waals surface area contributed by atoms with Crippen LogP contribution >= 0.6 is 0 Å². The number of fused-ring (bicyclic) bond motifs is 3. The summed E-state index contributed by atoms with van der Waals surface area (Å²) in [5.74, 6) is 1.58. The van der Waals surface area contributed by atoms with E-state index in [1.165, 1.54) is 11.1 Å². The van der Waals surface area contributed by atoms with Gasteiger partial charge in [-0.3, -0.25) is 10.1 Å². The molecule has 162 valence electrons. The van der Waals surface area contributed by atoms with E-state index in [1.807, 2.05) is 24.3 Å². The zero-order valence-corrected chi connectivity index (χ0v) is 17.8. The fraction of sp³-hybridized carbons (Fsp3) is 0.259. The molecule has 0 saturated carbocycles. The topological polar surface area (TPSA) is 64.4 Å². The molecule has 2 aliphatic rings. The first-order chi connectivity index (χ1) is 15.7. The van der Waals surface area contributed by atoms with Gasteiger partial charge in [0.1, 0.15) is 5.75 Å². The van der Waals surface area contributed by atoms with Crippen molar-refractivity contribution in [3.05, 3.63) is 112 Å². The zero-order chi connectivity index (χ0) is 21.9. The maximum Gasteiger partial charge on any atom is 0.269 e. The van der Waals surface area contributed by atoms with Crippen molar-refractivity contribution in [2.24, 2.45) is 5.92 Å². The number of allylic oxidation sites excluding steroid dienone is 2. The maximum atomic E-state index is 11.1. The summed E-state index contributed by atoms with van der Waals surface area (Å²) in [5, 5.41) is 14.8. The number of rotatable bonds is 7. The highest BCUT2D eigenvalue weighted by atomic mass is 16.6. The van der Waals surface area contributed by atoms with Gasteiger partial charge in [-0.25, -0.2) is 0 Å². The van der Waals surface area contributed by atoms with Crippen molar-refractivity contribution in [3.63, 3.8) is 0 Å². The van der Waals surface area contributed by atoms with Crippen molar-refractivity contribution in [3.8, 4) is 5.75 Å². The number of non-ortho nitro benzene ring substituents is 1. The summed E-state index contributed by atoms with van der Waals surface area (Å²) in [5.41, 5.74) is 4.82. The Labute approximate surface area is 187 Å².